The van der Waals surface area contributed by atoms with E-state index >= 15 is 0 Å². The SMILES string of the molecule is COc1cc(C#N)ccc1OC(=O)CCOc1ccc(C)cc1C. The van der Waals surface area contributed by atoms with Crippen LogP contribution < -0.4 is 14.2 Å². The normalized spacial score (nSPS) is 9.92. The Morgan fingerprint density at radius 3 is 2.50 bits per heavy atom. The number of benzene rings is 2. The number of methoxy groups -OCH3 is 1. The van der Waals surface area contributed by atoms with E-state index in [0.717, 1.165) is 16.9 Å². The van der Waals surface area contributed by atoms with E-state index < -0.39 is 5.97 Å². The van der Waals surface area contributed by atoms with E-state index in [1.165, 1.54) is 13.2 Å². The molecule has 2 aromatic carbocycles. The average molecular weight is 325 g/mol. The zero-order chi connectivity index (χ0) is 17.5. The Balaban J connectivity index is 1.91. The van der Waals surface area contributed by atoms with Gasteiger partial charge in [0.1, 0.15) is 5.75 Å². The van der Waals surface area contributed by atoms with E-state index in [-0.39, 0.29) is 18.8 Å². The number of rotatable bonds is 6. The first-order valence-corrected chi connectivity index (χ1v) is 7.52. The minimum absolute atomic E-state index is 0.108. The third-order valence-corrected chi connectivity index (χ3v) is 3.41. The second kappa shape index (κ2) is 8.02. The number of hydrogen-bond acceptors (Lipinski definition) is 5. The molecule has 5 heteroatoms. The zero-order valence-electron chi connectivity index (χ0n) is 14.0. The molecule has 24 heavy (non-hydrogen) atoms. The minimum atomic E-state index is -0.428. The van der Waals surface area contributed by atoms with Crippen LogP contribution in [0.5, 0.6) is 17.2 Å². The Morgan fingerprint density at radius 1 is 1.08 bits per heavy atom. The largest absolute Gasteiger partial charge is 0.493 e. The first-order valence-electron chi connectivity index (χ1n) is 7.52. The van der Waals surface area contributed by atoms with Gasteiger partial charge in [0.15, 0.2) is 11.5 Å². The van der Waals surface area contributed by atoms with Crippen LogP contribution in [0.25, 0.3) is 0 Å². The van der Waals surface area contributed by atoms with E-state index in [0.29, 0.717) is 11.3 Å². The maximum Gasteiger partial charge on any atom is 0.314 e. The van der Waals surface area contributed by atoms with Gasteiger partial charge < -0.3 is 14.2 Å². The molecule has 0 spiro atoms. The summed E-state index contributed by atoms with van der Waals surface area (Å²) in [6.07, 6.45) is 0.108. The molecule has 124 valence electrons. The average Bonchev–Trinajstić information content (AvgIpc) is 2.57. The molecule has 0 N–H and O–H groups in total. The highest BCUT2D eigenvalue weighted by Crippen LogP contribution is 2.28. The van der Waals surface area contributed by atoms with Gasteiger partial charge in [0, 0.05) is 6.07 Å². The molecule has 0 aliphatic heterocycles. The predicted octanol–water partition coefficient (Wildman–Crippen LogP) is 3.56. The zero-order valence-corrected chi connectivity index (χ0v) is 14.0. The molecule has 2 rings (SSSR count). The molecule has 0 aliphatic carbocycles. The monoisotopic (exact) mass is 325 g/mol. The van der Waals surface area contributed by atoms with Crippen molar-refractivity contribution in [3.8, 4) is 23.3 Å². The van der Waals surface area contributed by atoms with Crippen molar-refractivity contribution in [2.24, 2.45) is 0 Å². The number of ether oxygens (including phenoxy) is 3. The molecule has 2 aromatic rings. The van der Waals surface area contributed by atoms with E-state index in [1.807, 2.05) is 38.1 Å². The van der Waals surface area contributed by atoms with Crippen LogP contribution in [0.2, 0.25) is 0 Å². The fourth-order valence-electron chi connectivity index (χ4n) is 2.20. The molecule has 0 radical (unpaired) electrons. The Kier molecular flexibility index (Phi) is 5.80. The number of nitriles is 1. The van der Waals surface area contributed by atoms with E-state index in [1.54, 1.807) is 12.1 Å². The molecular formula is C19H19NO4. The standard InChI is InChI=1S/C19H19NO4/c1-13-4-6-16(14(2)10-13)23-9-8-19(21)24-17-7-5-15(12-20)11-18(17)22-3/h4-7,10-11H,8-9H2,1-3H3. The highest BCUT2D eigenvalue weighted by atomic mass is 16.6. The molecule has 0 saturated carbocycles. The quantitative estimate of drug-likeness (QED) is 0.600. The van der Waals surface area contributed by atoms with Gasteiger partial charge in [0.25, 0.3) is 0 Å². The van der Waals surface area contributed by atoms with E-state index in [2.05, 4.69) is 0 Å². The summed E-state index contributed by atoms with van der Waals surface area (Å²) in [6.45, 7) is 4.20. The summed E-state index contributed by atoms with van der Waals surface area (Å²) in [5.74, 6) is 0.956. The third-order valence-electron chi connectivity index (χ3n) is 3.41. The van der Waals surface area contributed by atoms with Crippen LogP contribution in [-0.4, -0.2) is 19.7 Å². The summed E-state index contributed by atoms with van der Waals surface area (Å²) in [5.41, 5.74) is 2.62. The number of hydrogen-bond donors (Lipinski definition) is 0. The van der Waals surface area contributed by atoms with Crippen molar-refractivity contribution in [1.82, 2.24) is 0 Å². The lowest BCUT2D eigenvalue weighted by Crippen LogP contribution is -2.13. The van der Waals surface area contributed by atoms with Crippen molar-refractivity contribution in [3.63, 3.8) is 0 Å². The summed E-state index contributed by atoms with van der Waals surface area (Å²) < 4.78 is 16.0. The summed E-state index contributed by atoms with van der Waals surface area (Å²) in [6, 6.07) is 12.5. The second-order valence-corrected chi connectivity index (χ2v) is 5.32. The summed E-state index contributed by atoms with van der Waals surface area (Å²) in [7, 11) is 1.46. The molecule has 5 nitrogen and oxygen atoms in total. The van der Waals surface area contributed by atoms with Crippen LogP contribution in [0.1, 0.15) is 23.1 Å². The van der Waals surface area contributed by atoms with Gasteiger partial charge in [-0.3, -0.25) is 4.79 Å². The van der Waals surface area contributed by atoms with Crippen LogP contribution in [0, 0.1) is 25.2 Å². The fourth-order valence-corrected chi connectivity index (χ4v) is 2.20. The molecule has 0 aromatic heterocycles. The number of carbonyl (C=O) groups is 1. The molecule has 0 fully saturated rings. The number of nitrogens with zero attached hydrogens (tertiary/aromatic N) is 1. The van der Waals surface area contributed by atoms with Gasteiger partial charge in [-0.15, -0.1) is 0 Å². The fraction of sp³-hybridized carbons (Fsp3) is 0.263. The number of carbonyl (C=O) groups excluding carboxylic acids is 1. The highest BCUT2D eigenvalue weighted by Gasteiger charge is 2.11. The minimum Gasteiger partial charge on any atom is -0.493 e. The summed E-state index contributed by atoms with van der Waals surface area (Å²) >= 11 is 0. The van der Waals surface area contributed by atoms with E-state index in [4.69, 9.17) is 19.5 Å². The van der Waals surface area contributed by atoms with E-state index in [9.17, 15) is 4.79 Å². The molecule has 0 amide bonds. The summed E-state index contributed by atoms with van der Waals surface area (Å²) in [4.78, 5) is 11.9. The van der Waals surface area contributed by atoms with Gasteiger partial charge in [-0.1, -0.05) is 17.7 Å². The van der Waals surface area contributed by atoms with Crippen molar-refractivity contribution >= 4 is 5.97 Å². The van der Waals surface area contributed by atoms with Crippen LogP contribution in [0.4, 0.5) is 0 Å². The smallest absolute Gasteiger partial charge is 0.314 e. The third kappa shape index (κ3) is 4.50. The molecule has 0 atom stereocenters. The van der Waals surface area contributed by atoms with Crippen molar-refractivity contribution in [1.29, 1.82) is 5.26 Å². The van der Waals surface area contributed by atoms with Gasteiger partial charge >= 0.3 is 5.97 Å². The predicted molar refractivity (Wildman–Crippen MR) is 89.4 cm³/mol. The van der Waals surface area contributed by atoms with Crippen molar-refractivity contribution < 1.29 is 19.0 Å². The topological polar surface area (TPSA) is 68.5 Å². The molecule has 0 aliphatic rings. The van der Waals surface area contributed by atoms with Gasteiger partial charge in [0.2, 0.25) is 0 Å². The number of esters is 1. The lowest BCUT2D eigenvalue weighted by Gasteiger charge is -2.11. The van der Waals surface area contributed by atoms with Gasteiger partial charge in [-0.25, -0.2) is 0 Å². The molecular weight excluding hydrogens is 306 g/mol. The molecule has 0 heterocycles. The molecule has 0 unspecified atom stereocenters. The van der Waals surface area contributed by atoms with Crippen LogP contribution >= 0.6 is 0 Å². The van der Waals surface area contributed by atoms with Gasteiger partial charge in [-0.2, -0.15) is 5.26 Å². The number of aryl methyl sites for hydroxylation is 2. The Bertz CT molecular complexity index is 777. The molecule has 0 saturated heterocycles. The molecule has 0 bridgehead atoms. The first kappa shape index (κ1) is 17.4. The maximum atomic E-state index is 11.9. The lowest BCUT2D eigenvalue weighted by atomic mass is 10.1. The van der Waals surface area contributed by atoms with Crippen molar-refractivity contribution in [2.45, 2.75) is 20.3 Å². The van der Waals surface area contributed by atoms with Crippen molar-refractivity contribution in [2.75, 3.05) is 13.7 Å². The lowest BCUT2D eigenvalue weighted by molar-refractivity contribution is -0.135. The van der Waals surface area contributed by atoms with Crippen LogP contribution in [-0.2, 0) is 4.79 Å². The van der Waals surface area contributed by atoms with Crippen molar-refractivity contribution in [3.05, 3.63) is 53.1 Å². The second-order valence-electron chi connectivity index (χ2n) is 5.32. The van der Waals surface area contributed by atoms with Crippen LogP contribution in [0.3, 0.4) is 0 Å². The Hall–Kier alpha value is -3.00. The maximum absolute atomic E-state index is 11.9. The highest BCUT2D eigenvalue weighted by molar-refractivity contribution is 5.73. The van der Waals surface area contributed by atoms with Crippen LogP contribution in [0.15, 0.2) is 36.4 Å². The van der Waals surface area contributed by atoms with Gasteiger partial charge in [0.05, 0.1) is 31.8 Å². The Morgan fingerprint density at radius 2 is 1.83 bits per heavy atom. The van der Waals surface area contributed by atoms with Gasteiger partial charge in [-0.05, 0) is 37.6 Å². The first-order chi connectivity index (χ1) is 11.5. The Labute approximate surface area is 141 Å². The summed E-state index contributed by atoms with van der Waals surface area (Å²) in [5, 5.41) is 8.86.